The number of aliphatic imine (C=N–C) groups is 1. The Morgan fingerprint density at radius 2 is 2.10 bits per heavy atom. The van der Waals surface area contributed by atoms with E-state index in [9.17, 15) is 0 Å². The molecule has 0 aliphatic carbocycles. The van der Waals surface area contributed by atoms with Crippen LogP contribution in [0, 0.1) is 0 Å². The van der Waals surface area contributed by atoms with E-state index in [1.807, 2.05) is 18.2 Å². The summed E-state index contributed by atoms with van der Waals surface area (Å²) in [5.41, 5.74) is 8.34. The highest BCUT2D eigenvalue weighted by molar-refractivity contribution is 6.30. The van der Waals surface area contributed by atoms with Gasteiger partial charge in [-0.25, -0.2) is 4.99 Å². The van der Waals surface area contributed by atoms with Crippen LogP contribution >= 0.6 is 11.6 Å². The van der Waals surface area contributed by atoms with Crippen LogP contribution in [-0.4, -0.2) is 35.9 Å². The Hall–Kier alpha value is -2.31. The van der Waals surface area contributed by atoms with E-state index in [0.29, 0.717) is 11.6 Å². The van der Waals surface area contributed by atoms with E-state index < -0.39 is 5.54 Å². The summed E-state index contributed by atoms with van der Waals surface area (Å²) in [6.45, 7) is 3.45. The summed E-state index contributed by atoms with van der Waals surface area (Å²) in [5, 5.41) is 0.601. The Morgan fingerprint density at radius 3 is 2.79 bits per heavy atom. The SMILES string of the molecule is CC1(CC[C@H]2CC3(COC(N)=N3)c3cc(-c4cncc(Cl)c4)ccc3O2)CCO1. The number of nitrogens with zero attached hydrogens (tertiary/aromatic N) is 2. The second-order valence-electron chi connectivity index (χ2n) is 8.40. The standard InChI is InChI=1S/C22H24ClN3O3/c1-21(6-7-28-21)5-4-17-10-22(13-27-20(24)26-22)18-9-14(2-3-19(18)29-17)15-8-16(23)12-25-11-15/h2-3,8-9,11-12,17H,4-7,10,13H2,1H3,(H2,24,26)/t17-,21?,22?/m0/s1. The third-order valence-corrected chi connectivity index (χ3v) is 6.44. The van der Waals surface area contributed by atoms with Crippen LogP contribution < -0.4 is 10.5 Å². The number of halogens is 1. The van der Waals surface area contributed by atoms with Crippen molar-refractivity contribution >= 4 is 17.6 Å². The van der Waals surface area contributed by atoms with Gasteiger partial charge in [0.1, 0.15) is 24.0 Å². The largest absolute Gasteiger partial charge is 0.490 e. The molecule has 0 saturated carbocycles. The van der Waals surface area contributed by atoms with Crippen LogP contribution in [-0.2, 0) is 15.0 Å². The van der Waals surface area contributed by atoms with Crippen molar-refractivity contribution in [2.24, 2.45) is 10.7 Å². The molecular formula is C22H24ClN3O3. The molecule has 3 aliphatic heterocycles. The van der Waals surface area contributed by atoms with E-state index in [4.69, 9.17) is 36.5 Å². The summed E-state index contributed by atoms with van der Waals surface area (Å²) in [6.07, 6.45) is 7.18. The number of ether oxygens (including phenoxy) is 3. The first-order valence-corrected chi connectivity index (χ1v) is 10.4. The fraction of sp³-hybridized carbons (Fsp3) is 0.455. The third kappa shape index (κ3) is 3.45. The molecule has 6 nitrogen and oxygen atoms in total. The lowest BCUT2D eigenvalue weighted by Crippen LogP contribution is -2.43. The van der Waals surface area contributed by atoms with Crippen molar-refractivity contribution < 1.29 is 14.2 Å². The van der Waals surface area contributed by atoms with E-state index in [1.54, 1.807) is 12.4 Å². The molecule has 2 N–H and O–H groups in total. The third-order valence-electron chi connectivity index (χ3n) is 6.24. The average molecular weight is 414 g/mol. The van der Waals surface area contributed by atoms with Gasteiger partial charge in [0.2, 0.25) is 0 Å². The fourth-order valence-corrected chi connectivity index (χ4v) is 4.61. The second kappa shape index (κ2) is 6.89. The predicted octanol–water partition coefficient (Wildman–Crippen LogP) is 4.05. The quantitative estimate of drug-likeness (QED) is 0.817. The average Bonchev–Trinajstić information content (AvgIpc) is 3.05. The highest BCUT2D eigenvalue weighted by Gasteiger charge is 2.46. The van der Waals surface area contributed by atoms with Crippen LogP contribution in [0.2, 0.25) is 5.02 Å². The lowest BCUT2D eigenvalue weighted by Gasteiger charge is -2.41. The van der Waals surface area contributed by atoms with Crippen LogP contribution in [0.1, 0.15) is 38.2 Å². The first-order chi connectivity index (χ1) is 13.9. The first kappa shape index (κ1) is 18.7. The van der Waals surface area contributed by atoms with Crippen LogP contribution in [0.5, 0.6) is 5.75 Å². The molecule has 2 unspecified atom stereocenters. The molecule has 1 saturated heterocycles. The summed E-state index contributed by atoms with van der Waals surface area (Å²) in [5.74, 6) is 0.835. The summed E-state index contributed by atoms with van der Waals surface area (Å²) < 4.78 is 17.7. The van der Waals surface area contributed by atoms with Crippen LogP contribution in [0.4, 0.5) is 0 Å². The number of hydrogen-bond donors (Lipinski definition) is 1. The van der Waals surface area contributed by atoms with Crippen molar-refractivity contribution in [3.8, 4) is 16.9 Å². The van der Waals surface area contributed by atoms with Gasteiger partial charge in [0.15, 0.2) is 0 Å². The molecule has 3 aliphatic rings. The summed E-state index contributed by atoms with van der Waals surface area (Å²) in [7, 11) is 0. The maximum absolute atomic E-state index is 6.37. The number of pyridine rings is 1. The van der Waals surface area contributed by atoms with Crippen molar-refractivity contribution in [2.75, 3.05) is 13.2 Å². The molecule has 0 bridgehead atoms. The maximum atomic E-state index is 6.37. The minimum absolute atomic E-state index is 0.0191. The van der Waals surface area contributed by atoms with Crippen molar-refractivity contribution in [2.45, 2.75) is 49.9 Å². The molecule has 1 spiro atoms. The maximum Gasteiger partial charge on any atom is 0.283 e. The van der Waals surface area contributed by atoms with Crippen LogP contribution in [0.25, 0.3) is 11.1 Å². The van der Waals surface area contributed by atoms with Gasteiger partial charge in [-0.05, 0) is 49.9 Å². The van der Waals surface area contributed by atoms with Crippen LogP contribution in [0.15, 0.2) is 41.7 Å². The normalized spacial score (nSPS) is 30.1. The molecule has 1 aromatic heterocycles. The number of hydrogen-bond acceptors (Lipinski definition) is 6. The molecule has 0 amide bonds. The number of aromatic nitrogens is 1. The minimum atomic E-state index is -0.522. The second-order valence-corrected chi connectivity index (χ2v) is 8.84. The van der Waals surface area contributed by atoms with E-state index in [1.165, 1.54) is 0 Å². The highest BCUT2D eigenvalue weighted by Crippen LogP contribution is 2.47. The lowest BCUT2D eigenvalue weighted by atomic mass is 9.80. The van der Waals surface area contributed by atoms with Gasteiger partial charge >= 0.3 is 0 Å². The van der Waals surface area contributed by atoms with Gasteiger partial charge in [-0.3, -0.25) is 4.98 Å². The first-order valence-electron chi connectivity index (χ1n) is 9.99. The molecule has 2 aromatic rings. The zero-order chi connectivity index (χ0) is 20.1. The number of rotatable bonds is 4. The molecule has 7 heteroatoms. The van der Waals surface area contributed by atoms with E-state index in [-0.39, 0.29) is 17.7 Å². The monoisotopic (exact) mass is 413 g/mol. The molecule has 1 fully saturated rings. The van der Waals surface area contributed by atoms with Crippen molar-refractivity contribution in [1.29, 1.82) is 0 Å². The minimum Gasteiger partial charge on any atom is -0.490 e. The molecule has 0 radical (unpaired) electrons. The van der Waals surface area contributed by atoms with Gasteiger partial charge < -0.3 is 19.9 Å². The molecule has 5 rings (SSSR count). The number of amidine groups is 1. The van der Waals surface area contributed by atoms with Gasteiger partial charge in [-0.2, -0.15) is 0 Å². The van der Waals surface area contributed by atoms with E-state index in [2.05, 4.69) is 18.0 Å². The molecule has 3 atom stereocenters. The Morgan fingerprint density at radius 1 is 1.24 bits per heavy atom. The predicted molar refractivity (Wildman–Crippen MR) is 111 cm³/mol. The van der Waals surface area contributed by atoms with E-state index >= 15 is 0 Å². The van der Waals surface area contributed by atoms with Gasteiger partial charge in [0.25, 0.3) is 6.02 Å². The summed E-state index contributed by atoms with van der Waals surface area (Å²) in [4.78, 5) is 8.92. The number of benzene rings is 1. The van der Waals surface area contributed by atoms with Gasteiger partial charge in [-0.15, -0.1) is 0 Å². The summed E-state index contributed by atoms with van der Waals surface area (Å²) in [6, 6.07) is 8.27. The van der Waals surface area contributed by atoms with Crippen molar-refractivity contribution in [3.05, 3.63) is 47.2 Å². The van der Waals surface area contributed by atoms with Gasteiger partial charge in [0.05, 0.1) is 17.2 Å². The summed E-state index contributed by atoms with van der Waals surface area (Å²) >= 11 is 6.13. The highest BCUT2D eigenvalue weighted by atomic mass is 35.5. The zero-order valence-electron chi connectivity index (χ0n) is 16.4. The van der Waals surface area contributed by atoms with Gasteiger partial charge in [-0.1, -0.05) is 17.7 Å². The van der Waals surface area contributed by atoms with Gasteiger partial charge in [0, 0.05) is 29.9 Å². The van der Waals surface area contributed by atoms with Crippen LogP contribution in [0.3, 0.4) is 0 Å². The Labute approximate surface area is 175 Å². The molecule has 4 heterocycles. The smallest absolute Gasteiger partial charge is 0.283 e. The van der Waals surface area contributed by atoms with E-state index in [0.717, 1.165) is 54.7 Å². The molecule has 152 valence electrons. The molecule has 1 aromatic carbocycles. The topological polar surface area (TPSA) is 79.0 Å². The Kier molecular flexibility index (Phi) is 4.44. The molecule has 29 heavy (non-hydrogen) atoms. The number of nitrogens with two attached hydrogens (primary N) is 1. The zero-order valence-corrected chi connectivity index (χ0v) is 17.1. The Balaban J connectivity index is 1.48. The van der Waals surface area contributed by atoms with Crippen molar-refractivity contribution in [1.82, 2.24) is 4.98 Å². The Bertz CT molecular complexity index is 976. The van der Waals surface area contributed by atoms with Crippen molar-refractivity contribution in [3.63, 3.8) is 0 Å². The fourth-order valence-electron chi connectivity index (χ4n) is 4.44. The number of fused-ring (bicyclic) bond motifs is 2. The lowest BCUT2D eigenvalue weighted by molar-refractivity contribution is -0.142. The molecular weight excluding hydrogens is 390 g/mol.